The fraction of sp³-hybridized carbons (Fsp3) is 0.190. The van der Waals surface area contributed by atoms with Crippen molar-refractivity contribution in [1.29, 1.82) is 0 Å². The van der Waals surface area contributed by atoms with Crippen LogP contribution in [-0.2, 0) is 9.59 Å². The molecular formula is C21H20ClN3O3. The third-order valence-corrected chi connectivity index (χ3v) is 4.72. The maximum absolute atomic E-state index is 12.7. The Balaban J connectivity index is 1.70. The van der Waals surface area contributed by atoms with Crippen molar-refractivity contribution in [2.75, 3.05) is 23.3 Å². The average molecular weight is 398 g/mol. The lowest BCUT2D eigenvalue weighted by Crippen LogP contribution is -2.29. The molecule has 1 saturated heterocycles. The third-order valence-electron chi connectivity index (χ3n) is 4.47. The second-order valence-corrected chi connectivity index (χ2v) is 6.85. The molecule has 0 unspecified atom stereocenters. The number of para-hydroxylation sites is 1. The van der Waals surface area contributed by atoms with Crippen molar-refractivity contribution >= 4 is 40.7 Å². The van der Waals surface area contributed by atoms with Crippen LogP contribution in [0, 0.1) is 5.92 Å². The zero-order valence-electron chi connectivity index (χ0n) is 15.2. The molecule has 0 aliphatic carbocycles. The highest BCUT2D eigenvalue weighted by molar-refractivity contribution is 6.30. The molecule has 7 heteroatoms. The second kappa shape index (κ2) is 8.71. The van der Waals surface area contributed by atoms with Crippen molar-refractivity contribution in [3.63, 3.8) is 0 Å². The Morgan fingerprint density at radius 3 is 2.61 bits per heavy atom. The van der Waals surface area contributed by atoms with Gasteiger partial charge in [-0.05, 0) is 36.4 Å². The van der Waals surface area contributed by atoms with Crippen LogP contribution < -0.4 is 15.5 Å². The number of rotatable bonds is 6. The molecule has 0 aromatic heterocycles. The van der Waals surface area contributed by atoms with Crippen molar-refractivity contribution in [3.05, 3.63) is 71.8 Å². The van der Waals surface area contributed by atoms with Gasteiger partial charge < -0.3 is 15.5 Å². The van der Waals surface area contributed by atoms with Crippen molar-refractivity contribution < 1.29 is 14.4 Å². The highest BCUT2D eigenvalue weighted by Crippen LogP contribution is 2.27. The molecule has 2 aromatic carbocycles. The number of hydrogen-bond donors (Lipinski definition) is 2. The zero-order chi connectivity index (χ0) is 20.1. The first-order valence-corrected chi connectivity index (χ1v) is 9.22. The predicted octanol–water partition coefficient (Wildman–Crippen LogP) is 3.25. The molecule has 1 fully saturated rings. The lowest BCUT2D eigenvalue weighted by Gasteiger charge is -2.17. The molecule has 144 valence electrons. The molecule has 28 heavy (non-hydrogen) atoms. The molecule has 2 aromatic rings. The minimum Gasteiger partial charge on any atom is -0.349 e. The zero-order valence-corrected chi connectivity index (χ0v) is 15.9. The summed E-state index contributed by atoms with van der Waals surface area (Å²) in [7, 11) is 0. The second-order valence-electron chi connectivity index (χ2n) is 6.42. The van der Waals surface area contributed by atoms with Crippen LogP contribution in [0.15, 0.2) is 61.2 Å². The summed E-state index contributed by atoms with van der Waals surface area (Å²) >= 11 is 5.89. The molecule has 1 heterocycles. The van der Waals surface area contributed by atoms with Crippen molar-refractivity contribution in [2.24, 2.45) is 5.92 Å². The third kappa shape index (κ3) is 4.40. The predicted molar refractivity (Wildman–Crippen MR) is 110 cm³/mol. The van der Waals surface area contributed by atoms with Gasteiger partial charge in [-0.3, -0.25) is 14.4 Å². The summed E-state index contributed by atoms with van der Waals surface area (Å²) in [5.41, 5.74) is 1.47. The summed E-state index contributed by atoms with van der Waals surface area (Å²) in [6.07, 6.45) is 1.69. The van der Waals surface area contributed by atoms with E-state index in [4.69, 9.17) is 11.6 Å². The molecule has 0 spiro atoms. The quantitative estimate of drug-likeness (QED) is 0.734. The van der Waals surface area contributed by atoms with Crippen LogP contribution in [0.3, 0.4) is 0 Å². The van der Waals surface area contributed by atoms with Crippen molar-refractivity contribution in [2.45, 2.75) is 6.42 Å². The number of halogens is 1. The standard InChI is InChI=1S/C21H20ClN3O3/c1-2-11-23-21(28)17-5-3-4-6-18(17)24-20(27)14-12-19(26)25(13-14)16-9-7-15(22)8-10-16/h2-10,14H,1,11-13H2,(H,23,28)(H,24,27)/t14-/m0/s1. The Labute approximate surface area is 168 Å². The smallest absolute Gasteiger partial charge is 0.253 e. The van der Waals surface area contributed by atoms with E-state index in [9.17, 15) is 14.4 Å². The number of carbonyl (C=O) groups is 3. The van der Waals surface area contributed by atoms with E-state index in [-0.39, 0.29) is 30.7 Å². The van der Waals surface area contributed by atoms with Gasteiger partial charge >= 0.3 is 0 Å². The molecule has 1 aliphatic heterocycles. The Morgan fingerprint density at radius 2 is 1.89 bits per heavy atom. The molecule has 0 bridgehead atoms. The van der Waals surface area contributed by atoms with Gasteiger partial charge in [-0.15, -0.1) is 6.58 Å². The number of hydrogen-bond acceptors (Lipinski definition) is 3. The monoisotopic (exact) mass is 397 g/mol. The highest BCUT2D eigenvalue weighted by Gasteiger charge is 2.35. The van der Waals surface area contributed by atoms with E-state index < -0.39 is 5.92 Å². The molecule has 0 saturated carbocycles. The molecule has 1 atom stereocenters. The summed E-state index contributed by atoms with van der Waals surface area (Å²) < 4.78 is 0. The van der Waals surface area contributed by atoms with E-state index in [0.717, 1.165) is 0 Å². The minimum absolute atomic E-state index is 0.110. The van der Waals surface area contributed by atoms with Crippen LogP contribution >= 0.6 is 11.6 Å². The van der Waals surface area contributed by atoms with Gasteiger partial charge in [0.25, 0.3) is 5.91 Å². The minimum atomic E-state index is -0.507. The summed E-state index contributed by atoms with van der Waals surface area (Å²) in [6, 6.07) is 13.7. The van der Waals surface area contributed by atoms with Gasteiger partial charge in [0.1, 0.15) is 0 Å². The van der Waals surface area contributed by atoms with E-state index in [1.54, 1.807) is 59.5 Å². The average Bonchev–Trinajstić information content (AvgIpc) is 3.09. The lowest BCUT2D eigenvalue weighted by molar-refractivity contribution is -0.122. The number of carbonyl (C=O) groups excluding carboxylic acids is 3. The number of nitrogens with one attached hydrogen (secondary N) is 2. The lowest BCUT2D eigenvalue weighted by atomic mass is 10.1. The van der Waals surface area contributed by atoms with Gasteiger partial charge in [0, 0.05) is 30.2 Å². The number of amides is 3. The normalized spacial score (nSPS) is 16.0. The first-order valence-electron chi connectivity index (χ1n) is 8.84. The molecule has 6 nitrogen and oxygen atoms in total. The molecule has 1 aliphatic rings. The fourth-order valence-corrected chi connectivity index (χ4v) is 3.16. The van der Waals surface area contributed by atoms with E-state index >= 15 is 0 Å². The summed E-state index contributed by atoms with van der Waals surface area (Å²) in [4.78, 5) is 38.9. The van der Waals surface area contributed by atoms with Crippen LogP contribution in [0.25, 0.3) is 0 Å². The van der Waals surface area contributed by atoms with Gasteiger partial charge in [0.05, 0.1) is 17.2 Å². The summed E-state index contributed by atoms with van der Waals surface area (Å²) in [5.74, 6) is -1.23. The van der Waals surface area contributed by atoms with E-state index in [1.165, 1.54) is 0 Å². The topological polar surface area (TPSA) is 78.5 Å². The van der Waals surface area contributed by atoms with E-state index in [0.29, 0.717) is 28.5 Å². The maximum Gasteiger partial charge on any atom is 0.253 e. The number of benzene rings is 2. The van der Waals surface area contributed by atoms with Gasteiger partial charge in [0.2, 0.25) is 11.8 Å². The molecule has 3 amide bonds. The van der Waals surface area contributed by atoms with Gasteiger partial charge in [-0.1, -0.05) is 29.8 Å². The Hall–Kier alpha value is -3.12. The highest BCUT2D eigenvalue weighted by atomic mass is 35.5. The molecule has 3 rings (SSSR count). The van der Waals surface area contributed by atoms with Crippen molar-refractivity contribution in [1.82, 2.24) is 5.32 Å². The SMILES string of the molecule is C=CCNC(=O)c1ccccc1NC(=O)[C@H]1CC(=O)N(c2ccc(Cl)cc2)C1. The van der Waals surface area contributed by atoms with Gasteiger partial charge in [-0.25, -0.2) is 0 Å². The summed E-state index contributed by atoms with van der Waals surface area (Å²) in [6.45, 7) is 4.17. The Morgan fingerprint density at radius 1 is 1.18 bits per heavy atom. The van der Waals surface area contributed by atoms with Crippen LogP contribution in [0.5, 0.6) is 0 Å². The van der Waals surface area contributed by atoms with Gasteiger partial charge in [0.15, 0.2) is 0 Å². The van der Waals surface area contributed by atoms with Crippen LogP contribution in [0.1, 0.15) is 16.8 Å². The molecular weight excluding hydrogens is 378 g/mol. The number of anilines is 2. The number of nitrogens with zero attached hydrogens (tertiary/aromatic N) is 1. The van der Waals surface area contributed by atoms with Crippen LogP contribution in [0.2, 0.25) is 5.02 Å². The first kappa shape index (κ1) is 19.6. The first-order chi connectivity index (χ1) is 13.5. The Kier molecular flexibility index (Phi) is 6.11. The largest absolute Gasteiger partial charge is 0.349 e. The molecule has 0 radical (unpaired) electrons. The van der Waals surface area contributed by atoms with E-state index in [1.807, 2.05) is 0 Å². The Bertz CT molecular complexity index is 911. The van der Waals surface area contributed by atoms with Gasteiger partial charge in [-0.2, -0.15) is 0 Å². The van der Waals surface area contributed by atoms with Crippen LogP contribution in [0.4, 0.5) is 11.4 Å². The molecule has 2 N–H and O–H groups in total. The fourth-order valence-electron chi connectivity index (χ4n) is 3.04. The van der Waals surface area contributed by atoms with E-state index in [2.05, 4.69) is 17.2 Å². The maximum atomic E-state index is 12.7. The van der Waals surface area contributed by atoms with Crippen molar-refractivity contribution in [3.8, 4) is 0 Å². The van der Waals surface area contributed by atoms with Crippen LogP contribution in [-0.4, -0.2) is 30.8 Å². The summed E-state index contributed by atoms with van der Waals surface area (Å²) in [5, 5.41) is 6.06.